The van der Waals surface area contributed by atoms with E-state index in [0.29, 0.717) is 51.0 Å². The number of ether oxygens (including phenoxy) is 2. The molecule has 3 aromatic rings. The van der Waals surface area contributed by atoms with Gasteiger partial charge in [-0.2, -0.15) is 0 Å². The van der Waals surface area contributed by atoms with Crippen LogP contribution in [0.1, 0.15) is 80.6 Å². The highest BCUT2D eigenvalue weighted by molar-refractivity contribution is 7.21. The molecule has 2 aliphatic heterocycles. The molecule has 1 N–H and O–H groups in total. The van der Waals surface area contributed by atoms with Crippen molar-refractivity contribution in [3.8, 4) is 10.7 Å². The van der Waals surface area contributed by atoms with Crippen LogP contribution in [-0.2, 0) is 30.4 Å². The van der Waals surface area contributed by atoms with Crippen LogP contribution in [-0.4, -0.2) is 109 Å². The minimum atomic E-state index is -1.32. The lowest BCUT2D eigenvalue weighted by atomic mass is 9.67. The normalized spacial score (nSPS) is 31.2. The van der Waals surface area contributed by atoms with Gasteiger partial charge in [-0.1, -0.05) is 31.2 Å². The molecule has 2 amide bonds. The molecular weight excluding hydrogens is 671 g/mol. The Bertz CT molecular complexity index is 1710. The Labute approximate surface area is 304 Å². The number of aliphatic hydroxyl groups is 1. The molecule has 2 aliphatic rings. The van der Waals surface area contributed by atoms with Crippen LogP contribution in [0.5, 0.6) is 0 Å². The highest BCUT2D eigenvalue weighted by atomic mass is 32.1. The minimum absolute atomic E-state index is 0.000144. The standard InChI is InChI=1S/C36H51BN6O7S/c1-8-30-36(7)31(23(4)43(24(5)44)19-21(2)18-35(6,48)29(37)17-27(45)22(3)33(46)49-30)42(34(47)50-36)16-12-11-15-41-20-26(39-40-41)32-38-25-13-9-10-14-28(25)51-32/h9-10,13-14,20-23,29-31,48H,8,11-12,15-19,37H2,1-7H3/t21-,22-,23-,29-,30-,31-,35+,36-/m1/s1. The Kier molecular flexibility index (Phi) is 11.6. The summed E-state index contributed by atoms with van der Waals surface area (Å²) in [6.45, 7) is 13.4. The molecule has 2 fully saturated rings. The van der Waals surface area contributed by atoms with Gasteiger partial charge in [0.2, 0.25) is 5.91 Å². The summed E-state index contributed by atoms with van der Waals surface area (Å²) >= 11 is 1.56. The van der Waals surface area contributed by atoms with E-state index in [1.807, 2.05) is 51.2 Å². The van der Waals surface area contributed by atoms with Crippen LogP contribution in [0.3, 0.4) is 0 Å². The molecule has 5 rings (SSSR count). The molecule has 2 saturated heterocycles. The van der Waals surface area contributed by atoms with Crippen LogP contribution < -0.4 is 0 Å². The number of aryl methyl sites for hydroxylation is 1. The summed E-state index contributed by atoms with van der Waals surface area (Å²) in [5, 5.41) is 20.9. The number of fused-ring (bicyclic) bond motifs is 2. The van der Waals surface area contributed by atoms with Crippen LogP contribution in [0.4, 0.5) is 4.79 Å². The maximum Gasteiger partial charge on any atom is 0.410 e. The molecule has 51 heavy (non-hydrogen) atoms. The van der Waals surface area contributed by atoms with Crippen molar-refractivity contribution >= 4 is 53.2 Å². The number of benzene rings is 1. The Morgan fingerprint density at radius 2 is 1.82 bits per heavy atom. The maximum atomic E-state index is 13.7. The highest BCUT2D eigenvalue weighted by Gasteiger charge is 2.59. The van der Waals surface area contributed by atoms with E-state index in [0.717, 1.165) is 15.2 Å². The Morgan fingerprint density at radius 3 is 2.51 bits per heavy atom. The van der Waals surface area contributed by atoms with E-state index >= 15 is 0 Å². The number of para-hydroxylation sites is 1. The van der Waals surface area contributed by atoms with E-state index in [4.69, 9.17) is 9.47 Å². The van der Waals surface area contributed by atoms with Crippen LogP contribution in [0.15, 0.2) is 30.5 Å². The lowest BCUT2D eigenvalue weighted by Crippen LogP contribution is -2.62. The van der Waals surface area contributed by atoms with Crippen molar-refractivity contribution in [3.05, 3.63) is 30.5 Å². The average Bonchev–Trinajstić information content (AvgIpc) is 3.78. The van der Waals surface area contributed by atoms with E-state index in [1.54, 1.807) is 47.5 Å². The van der Waals surface area contributed by atoms with Crippen LogP contribution in [0.2, 0.25) is 5.82 Å². The summed E-state index contributed by atoms with van der Waals surface area (Å²) in [4.78, 5) is 61.8. The van der Waals surface area contributed by atoms with Crippen molar-refractivity contribution < 1.29 is 33.8 Å². The van der Waals surface area contributed by atoms with Crippen LogP contribution in [0, 0.1) is 11.8 Å². The number of hydrogen-bond acceptors (Lipinski definition) is 11. The number of carbonyl (C=O) groups is 4. The SMILES string of the molecule is B[C@@H]1CC(=O)[C@@H](C)C(=O)O[C@H](CC)[C@@]2(C)OC(=O)N(CCCCn3cc(-c4nc5ccccc5s4)nn3)[C@@H]2[C@@H](C)N(C(C)=O)C[C@H](C)C[C@]1(C)O. The van der Waals surface area contributed by atoms with Crippen molar-refractivity contribution in [2.24, 2.45) is 11.8 Å². The number of aromatic nitrogens is 4. The average molecular weight is 723 g/mol. The number of ketones is 1. The minimum Gasteiger partial charge on any atom is -0.458 e. The van der Waals surface area contributed by atoms with Gasteiger partial charge in [-0.05, 0) is 77.2 Å². The fraction of sp³-hybridized carbons (Fsp3) is 0.639. The highest BCUT2D eigenvalue weighted by Crippen LogP contribution is 2.40. The van der Waals surface area contributed by atoms with Gasteiger partial charge in [0.1, 0.15) is 36.4 Å². The maximum absolute atomic E-state index is 13.7. The van der Waals surface area contributed by atoms with Crippen molar-refractivity contribution in [1.82, 2.24) is 29.8 Å². The molecule has 0 spiro atoms. The number of carbonyl (C=O) groups excluding carboxylic acids is 4. The number of hydrogen-bond donors (Lipinski definition) is 1. The molecule has 0 saturated carbocycles. The molecule has 276 valence electrons. The van der Waals surface area contributed by atoms with E-state index < -0.39 is 53.2 Å². The third-order valence-corrected chi connectivity index (χ3v) is 11.9. The van der Waals surface area contributed by atoms with Gasteiger partial charge in [-0.15, -0.1) is 16.4 Å². The first kappa shape index (κ1) is 38.4. The second kappa shape index (κ2) is 15.4. The number of cyclic esters (lactones) is 1. The third-order valence-electron chi connectivity index (χ3n) is 10.8. The third kappa shape index (κ3) is 8.14. The monoisotopic (exact) mass is 722 g/mol. The molecule has 0 radical (unpaired) electrons. The number of Topliss-reactive ketones (excluding diaryl/α,β-unsaturated/α-hetero) is 1. The molecule has 0 aliphatic carbocycles. The summed E-state index contributed by atoms with van der Waals surface area (Å²) in [5.74, 6) is -2.84. The van der Waals surface area contributed by atoms with Gasteiger partial charge in [-0.25, -0.2) is 9.78 Å². The van der Waals surface area contributed by atoms with Crippen molar-refractivity contribution in [3.63, 3.8) is 0 Å². The Hall–Kier alpha value is -3.85. The second-order valence-electron chi connectivity index (χ2n) is 15.0. The first-order chi connectivity index (χ1) is 24.0. The zero-order valence-electron chi connectivity index (χ0n) is 31.0. The van der Waals surface area contributed by atoms with E-state index in [2.05, 4.69) is 15.3 Å². The quantitative estimate of drug-likeness (QED) is 0.162. The van der Waals surface area contributed by atoms with Gasteiger partial charge in [0.05, 0.1) is 34.1 Å². The number of thiazole rings is 1. The number of rotatable bonds is 7. The zero-order chi connectivity index (χ0) is 37.2. The lowest BCUT2D eigenvalue weighted by Gasteiger charge is -2.44. The molecule has 0 unspecified atom stereocenters. The summed E-state index contributed by atoms with van der Waals surface area (Å²) in [6.07, 6.45) is 2.37. The largest absolute Gasteiger partial charge is 0.458 e. The second-order valence-corrected chi connectivity index (χ2v) is 16.0. The molecule has 4 heterocycles. The summed E-state index contributed by atoms with van der Waals surface area (Å²) < 4.78 is 15.0. The Morgan fingerprint density at radius 1 is 1.12 bits per heavy atom. The van der Waals surface area contributed by atoms with Gasteiger partial charge in [0.15, 0.2) is 5.60 Å². The fourth-order valence-electron chi connectivity index (χ4n) is 7.74. The molecule has 1 aromatic carbocycles. The molecule has 13 nitrogen and oxygen atoms in total. The first-order valence-electron chi connectivity index (χ1n) is 18.0. The molecule has 8 atom stereocenters. The summed E-state index contributed by atoms with van der Waals surface area (Å²) in [6, 6.07) is 6.72. The predicted molar refractivity (Wildman–Crippen MR) is 196 cm³/mol. The predicted octanol–water partition coefficient (Wildman–Crippen LogP) is 4.28. The summed E-state index contributed by atoms with van der Waals surface area (Å²) in [7, 11) is 1.80. The van der Waals surface area contributed by atoms with E-state index in [9.17, 15) is 24.3 Å². The zero-order valence-corrected chi connectivity index (χ0v) is 31.8. The Balaban J connectivity index is 1.38. The lowest BCUT2D eigenvalue weighted by molar-refractivity contribution is -0.171. The number of esters is 1. The van der Waals surface area contributed by atoms with Gasteiger partial charge < -0.3 is 19.5 Å². The van der Waals surface area contributed by atoms with Crippen LogP contribution in [0.25, 0.3) is 20.9 Å². The molecule has 2 aromatic heterocycles. The van der Waals surface area contributed by atoms with Crippen molar-refractivity contribution in [1.29, 1.82) is 0 Å². The van der Waals surface area contributed by atoms with Gasteiger partial charge in [0, 0.05) is 33.0 Å². The topological polar surface area (TPSA) is 157 Å². The van der Waals surface area contributed by atoms with E-state index in [1.165, 1.54) is 13.8 Å². The summed E-state index contributed by atoms with van der Waals surface area (Å²) in [5.41, 5.74) is -0.924. The number of unbranched alkanes of at least 4 members (excludes halogenated alkanes) is 1. The number of amides is 2. The molecule has 15 heteroatoms. The smallest absolute Gasteiger partial charge is 0.410 e. The molecule has 0 bridgehead atoms. The molecular formula is C36H51BN6O7S. The van der Waals surface area contributed by atoms with Crippen molar-refractivity contribution in [2.45, 2.75) is 122 Å². The fourth-order valence-corrected chi connectivity index (χ4v) is 8.65. The van der Waals surface area contributed by atoms with Gasteiger partial charge >= 0.3 is 12.1 Å². The van der Waals surface area contributed by atoms with E-state index in [-0.39, 0.29) is 24.0 Å². The van der Waals surface area contributed by atoms with Gasteiger partial charge in [0.25, 0.3) is 0 Å². The van der Waals surface area contributed by atoms with Crippen LogP contribution >= 0.6 is 11.3 Å². The van der Waals surface area contributed by atoms with Crippen molar-refractivity contribution in [2.75, 3.05) is 13.1 Å². The van der Waals surface area contributed by atoms with Gasteiger partial charge in [-0.3, -0.25) is 24.0 Å². The first-order valence-corrected chi connectivity index (χ1v) is 18.9. The number of nitrogens with zero attached hydrogens (tertiary/aromatic N) is 6.